The molecule has 2 atom stereocenters. The predicted molar refractivity (Wildman–Crippen MR) is 87.2 cm³/mol. The van der Waals surface area contributed by atoms with Crippen LogP contribution in [0.4, 0.5) is 0 Å². The molecule has 0 bridgehead atoms. The molecule has 120 valence electrons. The van der Waals surface area contributed by atoms with Crippen molar-refractivity contribution >= 4 is 18.6 Å². The lowest BCUT2D eigenvalue weighted by molar-refractivity contribution is -0.140. The van der Waals surface area contributed by atoms with Crippen molar-refractivity contribution in [3.05, 3.63) is 69.0 Å². The van der Waals surface area contributed by atoms with Crippen LogP contribution in [0.25, 0.3) is 0 Å². The number of hydrogen-bond acceptors (Lipinski definition) is 4. The summed E-state index contributed by atoms with van der Waals surface area (Å²) < 4.78 is 3.23. The molecule has 0 saturated carbocycles. The maximum atomic E-state index is 12.6. The summed E-state index contributed by atoms with van der Waals surface area (Å²) in [6.07, 6.45) is 3.08. The lowest BCUT2D eigenvalue weighted by Gasteiger charge is -2.24. The number of fused-ring (bicyclic) bond motifs is 1. The first kappa shape index (κ1) is 15.4. The zero-order valence-corrected chi connectivity index (χ0v) is 13.0. The molecule has 3 rings (SSSR count). The first-order valence-electron chi connectivity index (χ1n) is 7.07. The fourth-order valence-electron chi connectivity index (χ4n) is 2.77. The van der Waals surface area contributed by atoms with E-state index in [1.54, 1.807) is 6.08 Å². The van der Waals surface area contributed by atoms with Crippen LogP contribution in [-0.4, -0.2) is 30.8 Å². The zero-order valence-electron chi connectivity index (χ0n) is 12.1. The number of aliphatic carboxylic acids is 1. The topological polar surface area (TPSA) is 86.2 Å². The first-order valence-corrected chi connectivity index (χ1v) is 7.70. The Morgan fingerprint density at radius 2 is 1.74 bits per heavy atom. The van der Waals surface area contributed by atoms with Crippen LogP contribution < -0.4 is 11.4 Å². The SMILES string of the molecule is O=C(O)C1C=CC(c2ccccc2)n2c(=O)n(CCS)c(=O)n21. The molecule has 1 aliphatic heterocycles. The van der Waals surface area contributed by atoms with Gasteiger partial charge in [-0.1, -0.05) is 42.5 Å². The Bertz CT molecular complexity index is 878. The van der Waals surface area contributed by atoms with Crippen molar-refractivity contribution in [2.45, 2.75) is 18.6 Å². The minimum atomic E-state index is -1.20. The van der Waals surface area contributed by atoms with Crippen LogP contribution >= 0.6 is 12.6 Å². The van der Waals surface area contributed by atoms with Crippen molar-refractivity contribution in [1.82, 2.24) is 13.9 Å². The van der Waals surface area contributed by atoms with Gasteiger partial charge >= 0.3 is 17.3 Å². The van der Waals surface area contributed by atoms with E-state index in [0.717, 1.165) is 14.8 Å². The van der Waals surface area contributed by atoms with Crippen molar-refractivity contribution in [2.24, 2.45) is 0 Å². The van der Waals surface area contributed by atoms with Gasteiger partial charge in [-0.3, -0.25) is 0 Å². The summed E-state index contributed by atoms with van der Waals surface area (Å²) in [5, 5.41) is 9.35. The van der Waals surface area contributed by atoms with Crippen LogP contribution in [0.15, 0.2) is 52.1 Å². The number of aromatic nitrogens is 3. The summed E-state index contributed by atoms with van der Waals surface area (Å²) in [5.41, 5.74) is -0.373. The van der Waals surface area contributed by atoms with Crippen molar-refractivity contribution in [1.29, 1.82) is 0 Å². The third-order valence-corrected chi connectivity index (χ3v) is 4.01. The van der Waals surface area contributed by atoms with E-state index in [-0.39, 0.29) is 6.54 Å². The standard InChI is InChI=1S/C15H15N3O4S/c19-13(20)12-7-6-11(10-4-2-1-3-5-10)17-14(21)16(8-9-23)15(22)18(12)17/h1-7,11-12,23H,8-9H2,(H,19,20). The van der Waals surface area contributed by atoms with Gasteiger partial charge in [-0.2, -0.15) is 12.6 Å². The molecule has 0 fully saturated rings. The average Bonchev–Trinajstić information content (AvgIpc) is 2.81. The van der Waals surface area contributed by atoms with Gasteiger partial charge in [-0.05, 0) is 5.56 Å². The van der Waals surface area contributed by atoms with Gasteiger partial charge in [0.15, 0.2) is 6.04 Å². The number of benzene rings is 1. The second-order valence-electron chi connectivity index (χ2n) is 5.15. The van der Waals surface area contributed by atoms with E-state index in [1.165, 1.54) is 10.8 Å². The van der Waals surface area contributed by atoms with Crippen LogP contribution in [0.2, 0.25) is 0 Å². The van der Waals surface area contributed by atoms with Crippen molar-refractivity contribution in [3.8, 4) is 0 Å². The van der Waals surface area contributed by atoms with Gasteiger partial charge in [-0.15, -0.1) is 0 Å². The number of allylic oxidation sites excluding steroid dienone is 1. The van der Waals surface area contributed by atoms with E-state index in [2.05, 4.69) is 12.6 Å². The number of thiol groups is 1. The highest BCUT2D eigenvalue weighted by atomic mass is 32.1. The molecule has 0 saturated heterocycles. The van der Waals surface area contributed by atoms with Crippen LogP contribution in [0, 0.1) is 0 Å². The Morgan fingerprint density at radius 3 is 2.35 bits per heavy atom. The molecule has 2 heterocycles. The summed E-state index contributed by atoms with van der Waals surface area (Å²) in [6, 6.07) is 7.43. The van der Waals surface area contributed by atoms with Gasteiger partial charge in [0.05, 0.1) is 6.04 Å². The lowest BCUT2D eigenvalue weighted by atomic mass is 10.0. The fraction of sp³-hybridized carbons (Fsp3) is 0.267. The normalized spacial score (nSPS) is 19.5. The maximum Gasteiger partial charge on any atom is 0.348 e. The molecule has 1 N–H and O–H groups in total. The van der Waals surface area contributed by atoms with Crippen molar-refractivity contribution in [2.75, 3.05) is 5.75 Å². The number of rotatable bonds is 4. The molecule has 7 nitrogen and oxygen atoms in total. The number of nitrogens with zero attached hydrogens (tertiary/aromatic N) is 3. The van der Waals surface area contributed by atoms with Gasteiger partial charge in [0.2, 0.25) is 0 Å². The molecule has 0 spiro atoms. The molecule has 8 heteroatoms. The van der Waals surface area contributed by atoms with E-state index >= 15 is 0 Å². The average molecular weight is 333 g/mol. The summed E-state index contributed by atoms with van der Waals surface area (Å²) in [6.45, 7) is 0.127. The number of carbonyl (C=O) groups is 1. The molecule has 2 unspecified atom stereocenters. The minimum Gasteiger partial charge on any atom is -0.479 e. The molecule has 1 aromatic heterocycles. The van der Waals surface area contributed by atoms with Crippen LogP contribution in [0.3, 0.4) is 0 Å². The molecule has 2 aromatic rings. The Morgan fingerprint density at radius 1 is 1.09 bits per heavy atom. The van der Waals surface area contributed by atoms with Gasteiger partial charge < -0.3 is 5.11 Å². The summed E-state index contributed by atoms with van der Waals surface area (Å²) >= 11 is 4.05. The number of carboxylic acids is 1. The third-order valence-electron chi connectivity index (χ3n) is 3.81. The minimum absolute atomic E-state index is 0.127. The molecule has 1 aromatic carbocycles. The molecule has 1 aliphatic rings. The predicted octanol–water partition coefficient (Wildman–Crippen LogP) is 0.526. The summed E-state index contributed by atoms with van der Waals surface area (Å²) in [5.74, 6) is -0.882. The number of hydrogen-bond donors (Lipinski definition) is 2. The molecule has 0 aliphatic carbocycles. The Balaban J connectivity index is 2.27. The maximum absolute atomic E-state index is 12.6. The largest absolute Gasteiger partial charge is 0.479 e. The highest BCUT2D eigenvalue weighted by molar-refractivity contribution is 7.80. The third kappa shape index (κ3) is 2.44. The van der Waals surface area contributed by atoms with E-state index in [4.69, 9.17) is 0 Å². The number of carboxylic acid groups (broad SMARTS) is 1. The van der Waals surface area contributed by atoms with E-state index in [1.807, 2.05) is 30.3 Å². The second-order valence-corrected chi connectivity index (χ2v) is 5.60. The van der Waals surface area contributed by atoms with Crippen LogP contribution in [0.5, 0.6) is 0 Å². The highest BCUT2D eigenvalue weighted by Gasteiger charge is 2.32. The van der Waals surface area contributed by atoms with Gasteiger partial charge in [0.1, 0.15) is 0 Å². The van der Waals surface area contributed by atoms with Gasteiger partial charge in [-0.25, -0.2) is 28.3 Å². The Labute approximate surface area is 136 Å². The second kappa shape index (κ2) is 5.96. The zero-order chi connectivity index (χ0) is 16.6. The van der Waals surface area contributed by atoms with Crippen molar-refractivity contribution in [3.63, 3.8) is 0 Å². The van der Waals surface area contributed by atoms with E-state index in [0.29, 0.717) is 5.75 Å². The molecular formula is C15H15N3O4S. The highest BCUT2D eigenvalue weighted by Crippen LogP contribution is 2.24. The van der Waals surface area contributed by atoms with Gasteiger partial charge in [0, 0.05) is 12.3 Å². The first-order chi connectivity index (χ1) is 11.1. The summed E-state index contributed by atoms with van der Waals surface area (Å²) in [4.78, 5) is 36.6. The summed E-state index contributed by atoms with van der Waals surface area (Å²) in [7, 11) is 0. The molecular weight excluding hydrogens is 318 g/mol. The fourth-order valence-corrected chi connectivity index (χ4v) is 2.97. The molecule has 0 amide bonds. The quantitative estimate of drug-likeness (QED) is 0.631. The Hall–Kier alpha value is -2.48. The van der Waals surface area contributed by atoms with Gasteiger partial charge in [0.25, 0.3) is 0 Å². The Kier molecular flexibility index (Phi) is 3.99. The lowest BCUT2D eigenvalue weighted by Crippen LogP contribution is -2.38. The van der Waals surface area contributed by atoms with E-state index < -0.39 is 29.4 Å². The van der Waals surface area contributed by atoms with Crippen LogP contribution in [0.1, 0.15) is 17.6 Å². The van der Waals surface area contributed by atoms with Crippen molar-refractivity contribution < 1.29 is 9.90 Å². The smallest absolute Gasteiger partial charge is 0.348 e. The molecule has 23 heavy (non-hydrogen) atoms. The monoisotopic (exact) mass is 333 g/mol. The van der Waals surface area contributed by atoms with Crippen LogP contribution in [-0.2, 0) is 11.3 Å². The molecule has 0 radical (unpaired) electrons. The van der Waals surface area contributed by atoms with E-state index in [9.17, 15) is 19.5 Å².